The highest BCUT2D eigenvalue weighted by atomic mass is 16.5. The SMILES string of the molecule is COc1ccc(NC(=O)CN(C)C(=O)c2[nH]c(C)c(C(C)=O)c2C)cc1. The van der Waals surface area contributed by atoms with Crippen LogP contribution in [0.5, 0.6) is 5.75 Å². The van der Waals surface area contributed by atoms with E-state index in [4.69, 9.17) is 4.74 Å². The number of carbonyl (C=O) groups is 3. The van der Waals surface area contributed by atoms with Crippen LogP contribution in [0.1, 0.15) is 39.0 Å². The second kappa shape index (κ2) is 7.86. The average molecular weight is 357 g/mol. The Morgan fingerprint density at radius 2 is 1.77 bits per heavy atom. The fourth-order valence-electron chi connectivity index (χ4n) is 2.84. The molecular weight excluding hydrogens is 334 g/mol. The number of Topliss-reactive ketones (excluding diaryl/α,β-unsaturated/α-hetero) is 1. The highest BCUT2D eigenvalue weighted by molar-refractivity contribution is 6.03. The second-order valence-electron chi connectivity index (χ2n) is 6.12. The van der Waals surface area contributed by atoms with Gasteiger partial charge in [-0.05, 0) is 50.6 Å². The second-order valence-corrected chi connectivity index (χ2v) is 6.12. The van der Waals surface area contributed by atoms with Crippen molar-refractivity contribution < 1.29 is 19.1 Å². The van der Waals surface area contributed by atoms with Crippen molar-refractivity contribution in [2.24, 2.45) is 0 Å². The number of hydrogen-bond acceptors (Lipinski definition) is 4. The zero-order chi connectivity index (χ0) is 19.4. The first-order valence-electron chi connectivity index (χ1n) is 8.14. The van der Waals surface area contributed by atoms with Gasteiger partial charge in [0.05, 0.1) is 13.7 Å². The van der Waals surface area contributed by atoms with Crippen molar-refractivity contribution in [3.63, 3.8) is 0 Å². The minimum atomic E-state index is -0.344. The van der Waals surface area contributed by atoms with Gasteiger partial charge < -0.3 is 19.9 Å². The molecule has 0 unspecified atom stereocenters. The fourth-order valence-corrected chi connectivity index (χ4v) is 2.84. The summed E-state index contributed by atoms with van der Waals surface area (Å²) in [7, 11) is 3.11. The van der Waals surface area contributed by atoms with Crippen LogP contribution in [0.25, 0.3) is 0 Å². The van der Waals surface area contributed by atoms with Gasteiger partial charge in [0.15, 0.2) is 5.78 Å². The standard InChI is InChI=1S/C19H23N3O4/c1-11-17(13(3)23)12(2)20-18(11)19(25)22(4)10-16(24)21-14-6-8-15(26-5)9-7-14/h6-9,20H,10H2,1-5H3,(H,21,24). The maximum absolute atomic E-state index is 12.6. The molecule has 0 bridgehead atoms. The molecule has 0 saturated heterocycles. The molecule has 7 nitrogen and oxygen atoms in total. The van der Waals surface area contributed by atoms with E-state index >= 15 is 0 Å². The molecule has 0 aliphatic heterocycles. The predicted octanol–water partition coefficient (Wildman–Crippen LogP) is 2.55. The zero-order valence-corrected chi connectivity index (χ0v) is 15.6. The number of benzene rings is 1. The molecule has 26 heavy (non-hydrogen) atoms. The van der Waals surface area contributed by atoms with Gasteiger partial charge in [-0.25, -0.2) is 0 Å². The molecule has 7 heteroatoms. The number of aromatic amines is 1. The molecule has 2 N–H and O–H groups in total. The number of hydrogen-bond donors (Lipinski definition) is 2. The van der Waals surface area contributed by atoms with Crippen molar-refractivity contribution in [1.82, 2.24) is 9.88 Å². The molecule has 138 valence electrons. The predicted molar refractivity (Wildman–Crippen MR) is 98.9 cm³/mol. The third-order valence-corrected chi connectivity index (χ3v) is 4.10. The van der Waals surface area contributed by atoms with Crippen molar-refractivity contribution in [1.29, 1.82) is 0 Å². The lowest BCUT2D eigenvalue weighted by Gasteiger charge is -2.17. The molecule has 1 aromatic heterocycles. The summed E-state index contributed by atoms with van der Waals surface area (Å²) in [5.41, 5.74) is 2.70. The van der Waals surface area contributed by atoms with Crippen LogP contribution in [0, 0.1) is 13.8 Å². The summed E-state index contributed by atoms with van der Waals surface area (Å²) in [6, 6.07) is 6.91. The zero-order valence-electron chi connectivity index (χ0n) is 15.6. The lowest BCUT2D eigenvalue weighted by molar-refractivity contribution is -0.116. The number of anilines is 1. The van der Waals surface area contributed by atoms with Gasteiger partial charge in [-0.1, -0.05) is 0 Å². The molecule has 2 amide bonds. The Morgan fingerprint density at radius 3 is 2.27 bits per heavy atom. The minimum Gasteiger partial charge on any atom is -0.497 e. The third kappa shape index (κ3) is 4.11. The fraction of sp³-hybridized carbons (Fsp3) is 0.316. The van der Waals surface area contributed by atoms with Gasteiger partial charge in [0.1, 0.15) is 11.4 Å². The first-order chi connectivity index (χ1) is 12.2. The topological polar surface area (TPSA) is 91.5 Å². The number of H-pyrrole nitrogens is 1. The molecule has 0 aliphatic carbocycles. The summed E-state index contributed by atoms with van der Waals surface area (Å²) in [6.45, 7) is 4.82. The van der Waals surface area contributed by atoms with E-state index in [1.54, 1.807) is 52.3 Å². The monoisotopic (exact) mass is 357 g/mol. The maximum Gasteiger partial charge on any atom is 0.270 e. The van der Waals surface area contributed by atoms with Gasteiger partial charge in [-0.2, -0.15) is 0 Å². The van der Waals surface area contributed by atoms with Crippen LogP contribution in [-0.4, -0.2) is 48.2 Å². The van der Waals surface area contributed by atoms with E-state index in [0.717, 1.165) is 0 Å². The van der Waals surface area contributed by atoms with Crippen LogP contribution in [-0.2, 0) is 4.79 Å². The van der Waals surface area contributed by atoms with Crippen LogP contribution in [0.3, 0.4) is 0 Å². The number of aryl methyl sites for hydroxylation is 1. The summed E-state index contributed by atoms with van der Waals surface area (Å²) < 4.78 is 5.07. The Hall–Kier alpha value is -3.09. The first kappa shape index (κ1) is 19.2. The van der Waals surface area contributed by atoms with E-state index < -0.39 is 0 Å². The molecule has 1 heterocycles. The largest absolute Gasteiger partial charge is 0.497 e. The number of methoxy groups -OCH3 is 1. The molecular formula is C19H23N3O4. The Bertz CT molecular complexity index is 837. The summed E-state index contributed by atoms with van der Waals surface area (Å²) in [5.74, 6) is -0.0777. The van der Waals surface area contributed by atoms with E-state index in [2.05, 4.69) is 10.3 Å². The molecule has 0 fully saturated rings. The minimum absolute atomic E-state index is 0.102. The molecule has 0 radical (unpaired) electrons. The van der Waals surface area contributed by atoms with Crippen molar-refractivity contribution in [2.75, 3.05) is 26.0 Å². The van der Waals surface area contributed by atoms with Crippen LogP contribution in [0.2, 0.25) is 0 Å². The number of ether oxygens (including phenoxy) is 1. The van der Waals surface area contributed by atoms with Gasteiger partial charge >= 0.3 is 0 Å². The lowest BCUT2D eigenvalue weighted by atomic mass is 10.1. The van der Waals surface area contributed by atoms with E-state index in [-0.39, 0.29) is 24.1 Å². The van der Waals surface area contributed by atoms with Crippen molar-refractivity contribution in [2.45, 2.75) is 20.8 Å². The van der Waals surface area contributed by atoms with Crippen molar-refractivity contribution in [3.05, 3.63) is 46.8 Å². The molecule has 1 aromatic carbocycles. The Labute approximate surface area is 152 Å². The molecule has 0 saturated carbocycles. The number of likely N-dealkylation sites (N-methyl/N-ethyl adjacent to an activating group) is 1. The Morgan fingerprint density at radius 1 is 1.15 bits per heavy atom. The quantitative estimate of drug-likeness (QED) is 0.777. The van der Waals surface area contributed by atoms with E-state index in [0.29, 0.717) is 34.0 Å². The van der Waals surface area contributed by atoms with Gasteiger partial charge in [0.25, 0.3) is 5.91 Å². The number of nitrogens with zero attached hydrogens (tertiary/aromatic N) is 1. The Kier molecular flexibility index (Phi) is 5.82. The van der Waals surface area contributed by atoms with Crippen LogP contribution in [0.4, 0.5) is 5.69 Å². The van der Waals surface area contributed by atoms with Crippen LogP contribution in [0.15, 0.2) is 24.3 Å². The number of aromatic nitrogens is 1. The molecule has 0 aliphatic rings. The number of nitrogens with one attached hydrogen (secondary N) is 2. The number of rotatable bonds is 6. The normalized spacial score (nSPS) is 10.3. The average Bonchev–Trinajstić information content (AvgIpc) is 2.89. The number of ketones is 1. The van der Waals surface area contributed by atoms with Crippen LogP contribution < -0.4 is 10.1 Å². The smallest absolute Gasteiger partial charge is 0.270 e. The van der Waals surface area contributed by atoms with E-state index in [1.807, 2.05) is 0 Å². The van der Waals surface area contributed by atoms with Gasteiger partial charge in [0.2, 0.25) is 5.91 Å². The molecule has 0 spiro atoms. The summed E-state index contributed by atoms with van der Waals surface area (Å²) in [4.78, 5) is 40.8. The summed E-state index contributed by atoms with van der Waals surface area (Å²) in [5, 5.41) is 2.73. The third-order valence-electron chi connectivity index (χ3n) is 4.10. The van der Waals surface area contributed by atoms with E-state index in [9.17, 15) is 14.4 Å². The van der Waals surface area contributed by atoms with Gasteiger partial charge in [-0.3, -0.25) is 14.4 Å². The van der Waals surface area contributed by atoms with Crippen LogP contribution >= 0.6 is 0 Å². The lowest BCUT2D eigenvalue weighted by Crippen LogP contribution is -2.35. The highest BCUT2D eigenvalue weighted by Gasteiger charge is 2.23. The Balaban J connectivity index is 2.05. The summed E-state index contributed by atoms with van der Waals surface area (Å²) >= 11 is 0. The maximum atomic E-state index is 12.6. The van der Waals surface area contributed by atoms with E-state index in [1.165, 1.54) is 11.8 Å². The van der Waals surface area contributed by atoms with Crippen molar-refractivity contribution >= 4 is 23.3 Å². The summed E-state index contributed by atoms with van der Waals surface area (Å²) in [6.07, 6.45) is 0. The first-order valence-corrected chi connectivity index (χ1v) is 8.14. The van der Waals surface area contributed by atoms with Gasteiger partial charge in [-0.15, -0.1) is 0 Å². The highest BCUT2D eigenvalue weighted by Crippen LogP contribution is 2.20. The molecule has 2 aromatic rings. The molecule has 2 rings (SSSR count). The number of amides is 2. The number of carbonyl (C=O) groups excluding carboxylic acids is 3. The van der Waals surface area contributed by atoms with Gasteiger partial charge in [0, 0.05) is 24.0 Å². The van der Waals surface area contributed by atoms with Crippen molar-refractivity contribution in [3.8, 4) is 5.75 Å². The molecule has 0 atom stereocenters.